The predicted molar refractivity (Wildman–Crippen MR) is 59.5 cm³/mol. The van der Waals surface area contributed by atoms with Crippen molar-refractivity contribution in [2.75, 3.05) is 20.3 Å². The van der Waals surface area contributed by atoms with E-state index >= 15 is 0 Å². The van der Waals surface area contributed by atoms with Crippen molar-refractivity contribution >= 4 is 0 Å². The zero-order chi connectivity index (χ0) is 10.4. The zero-order valence-corrected chi connectivity index (χ0v) is 9.21. The first-order chi connectivity index (χ1) is 6.77. The second kappa shape index (κ2) is 5.78. The number of hydrogen-bond donors (Lipinski definition) is 1. The number of likely N-dealkylation sites (N-methyl/N-ethyl adjacent to an activating group) is 1. The maximum absolute atomic E-state index is 5.18. The number of hydrogen-bond acceptors (Lipinski definition) is 2. The van der Waals surface area contributed by atoms with Gasteiger partial charge in [-0.15, -0.1) is 0 Å². The molecule has 0 amide bonds. The molecule has 0 spiro atoms. The Hall–Kier alpha value is -0.860. The number of benzene rings is 1. The first-order valence-corrected chi connectivity index (χ1v) is 5.06. The first-order valence-electron chi connectivity index (χ1n) is 5.06. The second-order valence-corrected chi connectivity index (χ2v) is 3.48. The Morgan fingerprint density at radius 3 is 2.43 bits per heavy atom. The highest BCUT2D eigenvalue weighted by atomic mass is 16.5. The lowest BCUT2D eigenvalue weighted by Crippen LogP contribution is -2.24. The van der Waals surface area contributed by atoms with E-state index in [1.807, 2.05) is 0 Å². The van der Waals surface area contributed by atoms with Crippen LogP contribution in [-0.2, 0) is 4.74 Å². The number of rotatable bonds is 5. The zero-order valence-electron chi connectivity index (χ0n) is 9.21. The molecule has 1 aromatic rings. The molecular weight excluding hydrogens is 174 g/mol. The van der Waals surface area contributed by atoms with Gasteiger partial charge in [0.2, 0.25) is 0 Å². The summed E-state index contributed by atoms with van der Waals surface area (Å²) in [6.07, 6.45) is 0. The van der Waals surface area contributed by atoms with Crippen LogP contribution in [0.1, 0.15) is 24.1 Å². The van der Waals surface area contributed by atoms with Crippen molar-refractivity contribution in [2.24, 2.45) is 0 Å². The summed E-state index contributed by atoms with van der Waals surface area (Å²) in [4.78, 5) is 0. The van der Waals surface area contributed by atoms with Gasteiger partial charge in [-0.25, -0.2) is 0 Å². The van der Waals surface area contributed by atoms with E-state index in [2.05, 4.69) is 43.4 Å². The van der Waals surface area contributed by atoms with Gasteiger partial charge < -0.3 is 10.1 Å². The Balaban J connectivity index is 2.71. The molecule has 78 valence electrons. The van der Waals surface area contributed by atoms with Crippen molar-refractivity contribution in [3.8, 4) is 0 Å². The van der Waals surface area contributed by atoms with Crippen molar-refractivity contribution in [1.82, 2.24) is 5.32 Å². The van der Waals surface area contributed by atoms with Crippen molar-refractivity contribution in [1.29, 1.82) is 0 Å². The van der Waals surface area contributed by atoms with Crippen LogP contribution in [0.3, 0.4) is 0 Å². The van der Waals surface area contributed by atoms with Crippen LogP contribution in [0, 0.1) is 6.92 Å². The van der Waals surface area contributed by atoms with E-state index in [-0.39, 0.29) is 0 Å². The van der Waals surface area contributed by atoms with Gasteiger partial charge in [-0.1, -0.05) is 36.8 Å². The van der Waals surface area contributed by atoms with Crippen LogP contribution >= 0.6 is 0 Å². The molecule has 1 N–H and O–H groups in total. The minimum absolute atomic E-state index is 0.311. The molecule has 0 heterocycles. The van der Waals surface area contributed by atoms with Crippen LogP contribution < -0.4 is 5.32 Å². The number of methoxy groups -OCH3 is 1. The summed E-state index contributed by atoms with van der Waals surface area (Å²) in [5.41, 5.74) is 2.58. The molecule has 0 bridgehead atoms. The molecule has 0 saturated carbocycles. The Bertz CT molecular complexity index is 250. The van der Waals surface area contributed by atoms with Gasteiger partial charge in [-0.05, 0) is 19.0 Å². The number of aryl methyl sites for hydroxylation is 1. The lowest BCUT2D eigenvalue weighted by molar-refractivity contribution is 0.168. The van der Waals surface area contributed by atoms with Crippen molar-refractivity contribution in [3.63, 3.8) is 0 Å². The number of ether oxygens (including phenoxy) is 1. The van der Waals surface area contributed by atoms with Gasteiger partial charge in [0.25, 0.3) is 0 Å². The van der Waals surface area contributed by atoms with Crippen molar-refractivity contribution in [2.45, 2.75) is 19.9 Å². The first kappa shape index (κ1) is 11.2. The van der Waals surface area contributed by atoms with E-state index < -0.39 is 0 Å². The molecule has 2 heteroatoms. The molecule has 0 radical (unpaired) electrons. The van der Waals surface area contributed by atoms with Gasteiger partial charge in [-0.3, -0.25) is 0 Å². The molecule has 0 fully saturated rings. The van der Waals surface area contributed by atoms with E-state index in [1.165, 1.54) is 11.1 Å². The normalized spacial score (nSPS) is 12.8. The van der Waals surface area contributed by atoms with Crippen LogP contribution in [0.4, 0.5) is 0 Å². The Morgan fingerprint density at radius 2 is 1.93 bits per heavy atom. The third-order valence-electron chi connectivity index (χ3n) is 2.26. The van der Waals surface area contributed by atoms with Crippen molar-refractivity contribution < 1.29 is 4.74 Å². The Kier molecular flexibility index (Phi) is 4.63. The summed E-state index contributed by atoms with van der Waals surface area (Å²) in [6.45, 7) is 5.89. The molecule has 0 aliphatic carbocycles. The molecule has 0 aliphatic heterocycles. The highest BCUT2D eigenvalue weighted by Gasteiger charge is 2.08. The predicted octanol–water partition coefficient (Wildman–Crippen LogP) is 2.29. The van der Waals surface area contributed by atoms with E-state index in [0.717, 1.165) is 13.2 Å². The largest absolute Gasteiger partial charge is 0.383 e. The Labute approximate surface area is 86.3 Å². The van der Waals surface area contributed by atoms with Crippen LogP contribution in [0.2, 0.25) is 0 Å². The molecule has 0 saturated heterocycles. The molecule has 0 aromatic heterocycles. The minimum Gasteiger partial charge on any atom is -0.383 e. The van der Waals surface area contributed by atoms with Crippen LogP contribution in [-0.4, -0.2) is 20.3 Å². The van der Waals surface area contributed by atoms with Crippen LogP contribution in [0.15, 0.2) is 24.3 Å². The smallest absolute Gasteiger partial charge is 0.0657 e. The quantitative estimate of drug-likeness (QED) is 0.774. The van der Waals surface area contributed by atoms with E-state index in [1.54, 1.807) is 7.11 Å². The second-order valence-electron chi connectivity index (χ2n) is 3.48. The molecule has 1 atom stereocenters. The SMILES string of the molecule is CCNC(COC)c1ccc(C)cc1. The van der Waals surface area contributed by atoms with Gasteiger partial charge in [0.1, 0.15) is 0 Å². The summed E-state index contributed by atoms with van der Waals surface area (Å²) < 4.78 is 5.18. The average Bonchev–Trinajstić information content (AvgIpc) is 2.19. The minimum atomic E-state index is 0.311. The van der Waals surface area contributed by atoms with Gasteiger partial charge in [0.05, 0.1) is 12.6 Å². The van der Waals surface area contributed by atoms with Crippen molar-refractivity contribution in [3.05, 3.63) is 35.4 Å². The Morgan fingerprint density at radius 1 is 1.29 bits per heavy atom. The summed E-state index contributed by atoms with van der Waals surface area (Å²) in [7, 11) is 1.73. The van der Waals surface area contributed by atoms with E-state index in [9.17, 15) is 0 Å². The van der Waals surface area contributed by atoms with Gasteiger partial charge in [-0.2, -0.15) is 0 Å². The fourth-order valence-corrected chi connectivity index (χ4v) is 1.48. The summed E-state index contributed by atoms with van der Waals surface area (Å²) >= 11 is 0. The highest BCUT2D eigenvalue weighted by molar-refractivity contribution is 5.24. The molecule has 0 aliphatic rings. The molecule has 14 heavy (non-hydrogen) atoms. The maximum atomic E-state index is 5.18. The fraction of sp³-hybridized carbons (Fsp3) is 0.500. The molecular formula is C12H19NO. The maximum Gasteiger partial charge on any atom is 0.0657 e. The van der Waals surface area contributed by atoms with E-state index in [0.29, 0.717) is 6.04 Å². The van der Waals surface area contributed by atoms with Gasteiger partial charge in [0, 0.05) is 7.11 Å². The lowest BCUT2D eigenvalue weighted by Gasteiger charge is -2.17. The topological polar surface area (TPSA) is 21.3 Å². The summed E-state index contributed by atoms with van der Waals surface area (Å²) in [6, 6.07) is 8.89. The third-order valence-corrected chi connectivity index (χ3v) is 2.26. The molecule has 1 rings (SSSR count). The average molecular weight is 193 g/mol. The lowest BCUT2D eigenvalue weighted by atomic mass is 10.1. The fourth-order valence-electron chi connectivity index (χ4n) is 1.48. The summed E-state index contributed by atoms with van der Waals surface area (Å²) in [5.74, 6) is 0. The molecule has 1 unspecified atom stereocenters. The highest BCUT2D eigenvalue weighted by Crippen LogP contribution is 2.13. The number of nitrogens with one attached hydrogen (secondary N) is 1. The molecule has 1 aromatic carbocycles. The monoisotopic (exact) mass is 193 g/mol. The van der Waals surface area contributed by atoms with Gasteiger partial charge in [0.15, 0.2) is 0 Å². The van der Waals surface area contributed by atoms with Crippen LogP contribution in [0.25, 0.3) is 0 Å². The standard InChI is InChI=1S/C12H19NO/c1-4-13-12(9-14-3)11-7-5-10(2)6-8-11/h5-8,12-13H,4,9H2,1-3H3. The van der Waals surface area contributed by atoms with E-state index in [4.69, 9.17) is 4.74 Å². The molecule has 2 nitrogen and oxygen atoms in total. The summed E-state index contributed by atoms with van der Waals surface area (Å²) in [5, 5.41) is 3.39. The third kappa shape index (κ3) is 3.13. The van der Waals surface area contributed by atoms with Gasteiger partial charge >= 0.3 is 0 Å². The van der Waals surface area contributed by atoms with Crippen LogP contribution in [0.5, 0.6) is 0 Å².